The van der Waals surface area contributed by atoms with Gasteiger partial charge in [0, 0.05) is 29.3 Å². The Morgan fingerprint density at radius 3 is 2.41 bits per heavy atom. The van der Waals surface area contributed by atoms with Crippen molar-refractivity contribution in [3.63, 3.8) is 0 Å². The molecule has 0 saturated carbocycles. The average Bonchev–Trinajstić information content (AvgIpc) is 3.02. The minimum atomic E-state index is -0.329. The summed E-state index contributed by atoms with van der Waals surface area (Å²) in [4.78, 5) is 15.5. The molecule has 1 unspecified atom stereocenters. The Morgan fingerprint density at radius 2 is 1.62 bits per heavy atom. The van der Waals surface area contributed by atoms with E-state index in [4.69, 9.17) is 0 Å². The molecule has 1 aliphatic carbocycles. The summed E-state index contributed by atoms with van der Waals surface area (Å²) in [7, 11) is 2.25. The predicted molar refractivity (Wildman–Crippen MR) is 136 cm³/mol. The van der Waals surface area contributed by atoms with Crippen LogP contribution in [0.1, 0.15) is 52.9 Å². The number of nitrogens with zero attached hydrogens (tertiary/aromatic N) is 1. The van der Waals surface area contributed by atoms with Gasteiger partial charge in [-0.1, -0.05) is 56.3 Å². The number of likely N-dealkylation sites (N-methyl/N-ethyl adjacent to an activating group) is 1. The summed E-state index contributed by atoms with van der Waals surface area (Å²) >= 11 is 0. The Hall–Kier alpha value is -3.46. The molecule has 0 aromatic heterocycles. The third-order valence-corrected chi connectivity index (χ3v) is 8.56. The van der Waals surface area contributed by atoms with Crippen LogP contribution < -0.4 is 4.90 Å². The molecule has 0 bridgehead atoms. The summed E-state index contributed by atoms with van der Waals surface area (Å²) in [6.45, 7) is 4.80. The first-order valence-electron chi connectivity index (χ1n) is 12.0. The number of carbonyl (C=O) groups is 1. The third kappa shape index (κ3) is 2.82. The monoisotopic (exact) mass is 449 g/mol. The second-order valence-electron chi connectivity index (χ2n) is 10.4. The average molecular weight is 450 g/mol. The molecule has 4 aromatic rings. The molecular weight excluding hydrogens is 421 g/mol. The van der Waals surface area contributed by atoms with E-state index in [0.717, 1.165) is 19.3 Å². The lowest BCUT2D eigenvalue weighted by Crippen LogP contribution is -2.57. The minimum Gasteiger partial charge on any atom is -0.367 e. The van der Waals surface area contributed by atoms with Crippen LogP contribution in [0.2, 0.25) is 0 Å². The van der Waals surface area contributed by atoms with E-state index in [1.54, 1.807) is 12.1 Å². The highest BCUT2D eigenvalue weighted by molar-refractivity contribution is 6.09. The molecule has 170 valence electrons. The number of carbonyl (C=O) groups excluding carboxylic acids is 1. The molecule has 0 saturated heterocycles. The van der Waals surface area contributed by atoms with E-state index in [9.17, 15) is 9.18 Å². The van der Waals surface area contributed by atoms with Crippen molar-refractivity contribution >= 4 is 22.2 Å². The van der Waals surface area contributed by atoms with E-state index >= 15 is 0 Å². The van der Waals surface area contributed by atoms with Gasteiger partial charge in [-0.25, -0.2) is 4.39 Å². The lowest BCUT2D eigenvalue weighted by molar-refractivity contribution is 0.103. The number of rotatable bonds is 2. The summed E-state index contributed by atoms with van der Waals surface area (Å²) in [5.41, 5.74) is 6.49. The van der Waals surface area contributed by atoms with Crippen molar-refractivity contribution in [1.29, 1.82) is 0 Å². The van der Waals surface area contributed by atoms with Crippen LogP contribution in [0, 0.1) is 5.82 Å². The Labute approximate surface area is 200 Å². The smallest absolute Gasteiger partial charge is 0.193 e. The van der Waals surface area contributed by atoms with Crippen molar-refractivity contribution < 1.29 is 9.18 Å². The zero-order valence-electron chi connectivity index (χ0n) is 19.9. The fourth-order valence-corrected chi connectivity index (χ4v) is 6.58. The van der Waals surface area contributed by atoms with Crippen molar-refractivity contribution in [2.75, 3.05) is 11.9 Å². The van der Waals surface area contributed by atoms with Crippen LogP contribution in [0.15, 0.2) is 78.9 Å². The Balaban J connectivity index is 1.39. The van der Waals surface area contributed by atoms with E-state index < -0.39 is 0 Å². The van der Waals surface area contributed by atoms with Gasteiger partial charge in [0.15, 0.2) is 5.78 Å². The number of hydrogen-bond donors (Lipinski definition) is 0. The summed E-state index contributed by atoms with van der Waals surface area (Å²) in [6, 6.07) is 25.2. The topological polar surface area (TPSA) is 20.3 Å². The van der Waals surface area contributed by atoms with Crippen LogP contribution in [0.4, 0.5) is 10.1 Å². The number of hydrogen-bond acceptors (Lipinski definition) is 2. The molecule has 6 rings (SSSR count). The van der Waals surface area contributed by atoms with Gasteiger partial charge in [0.25, 0.3) is 0 Å². The maximum Gasteiger partial charge on any atom is 0.193 e. The van der Waals surface area contributed by atoms with Gasteiger partial charge in [-0.3, -0.25) is 4.79 Å². The van der Waals surface area contributed by atoms with Crippen molar-refractivity contribution in [2.45, 2.75) is 44.1 Å². The number of halogens is 1. The van der Waals surface area contributed by atoms with Crippen LogP contribution in [0.5, 0.6) is 0 Å². The molecule has 0 amide bonds. The number of fused-ring (bicyclic) bond motifs is 4. The first kappa shape index (κ1) is 21.1. The summed E-state index contributed by atoms with van der Waals surface area (Å²) in [5, 5.41) is 2.64. The highest BCUT2D eigenvalue weighted by atomic mass is 19.1. The molecule has 2 nitrogen and oxygen atoms in total. The largest absolute Gasteiger partial charge is 0.367 e. The summed E-state index contributed by atoms with van der Waals surface area (Å²) < 4.78 is 13.3. The molecule has 34 heavy (non-hydrogen) atoms. The van der Waals surface area contributed by atoms with Gasteiger partial charge < -0.3 is 4.90 Å². The molecule has 3 heteroatoms. The highest BCUT2D eigenvalue weighted by Crippen LogP contribution is 2.57. The van der Waals surface area contributed by atoms with E-state index in [1.807, 2.05) is 6.07 Å². The molecular formula is C31H28FNO. The van der Waals surface area contributed by atoms with Gasteiger partial charge in [0.1, 0.15) is 5.82 Å². The maximum absolute atomic E-state index is 13.3. The Bertz CT molecular complexity index is 1450. The number of benzene rings is 4. The zero-order chi connectivity index (χ0) is 23.7. The lowest BCUT2D eigenvalue weighted by Gasteiger charge is -2.50. The highest BCUT2D eigenvalue weighted by Gasteiger charge is 2.56. The van der Waals surface area contributed by atoms with E-state index in [2.05, 4.69) is 74.3 Å². The van der Waals surface area contributed by atoms with Gasteiger partial charge >= 0.3 is 0 Å². The second-order valence-corrected chi connectivity index (χ2v) is 10.4. The molecule has 0 radical (unpaired) electrons. The van der Waals surface area contributed by atoms with Gasteiger partial charge in [-0.15, -0.1) is 0 Å². The van der Waals surface area contributed by atoms with Gasteiger partial charge in [-0.05, 0) is 83.1 Å². The molecule has 4 aromatic carbocycles. The fraction of sp³-hybridized carbons (Fsp3) is 0.258. The van der Waals surface area contributed by atoms with E-state index in [-0.39, 0.29) is 22.6 Å². The van der Waals surface area contributed by atoms with Crippen LogP contribution in [-0.2, 0) is 18.3 Å². The first-order chi connectivity index (χ1) is 16.3. The van der Waals surface area contributed by atoms with Crippen molar-refractivity contribution in [2.24, 2.45) is 0 Å². The normalized spacial score (nSPS) is 20.4. The van der Waals surface area contributed by atoms with Crippen molar-refractivity contribution in [3.8, 4) is 0 Å². The summed E-state index contributed by atoms with van der Waals surface area (Å²) in [5.74, 6) is -0.385. The Morgan fingerprint density at radius 1 is 0.882 bits per heavy atom. The SMILES string of the molecule is CN1c2ccc3ccccc3c2C(C)(C)C12CCc1cc(C(=O)c3ccc(F)cc3)ccc1C2. The number of aryl methyl sites for hydroxylation is 1. The molecule has 1 aliphatic heterocycles. The number of ketones is 1. The van der Waals surface area contributed by atoms with E-state index in [1.165, 1.54) is 45.3 Å². The zero-order valence-corrected chi connectivity index (χ0v) is 19.9. The third-order valence-electron chi connectivity index (χ3n) is 8.56. The fourth-order valence-electron chi connectivity index (χ4n) is 6.58. The Kier molecular flexibility index (Phi) is 4.51. The van der Waals surface area contributed by atoms with Crippen molar-refractivity contribution in [1.82, 2.24) is 0 Å². The predicted octanol–water partition coefficient (Wildman–Crippen LogP) is 6.87. The van der Waals surface area contributed by atoms with Gasteiger partial charge in [0.05, 0.1) is 5.54 Å². The minimum absolute atomic E-state index is 0.0189. The van der Waals surface area contributed by atoms with Gasteiger partial charge in [-0.2, -0.15) is 0 Å². The standard InChI is InChI=1S/C31H28FNO/c1-30(2)28-26-7-5-4-6-20(26)12-15-27(28)33(3)31(30)17-16-22-18-23(8-9-24(22)19-31)29(34)21-10-13-25(32)14-11-21/h4-15,18H,16-17,19H2,1-3H3. The van der Waals surface area contributed by atoms with Crippen LogP contribution in [-0.4, -0.2) is 18.4 Å². The lowest BCUT2D eigenvalue weighted by atomic mass is 9.62. The van der Waals surface area contributed by atoms with Gasteiger partial charge in [0.2, 0.25) is 0 Å². The molecule has 0 N–H and O–H groups in total. The molecule has 1 atom stereocenters. The first-order valence-corrected chi connectivity index (χ1v) is 12.0. The number of anilines is 1. The maximum atomic E-state index is 13.3. The summed E-state index contributed by atoms with van der Waals surface area (Å²) in [6.07, 6.45) is 2.90. The molecule has 2 aliphatic rings. The molecule has 1 spiro atoms. The molecule has 0 fully saturated rings. The van der Waals surface area contributed by atoms with Crippen molar-refractivity contribution in [3.05, 3.63) is 112 Å². The second kappa shape index (κ2) is 7.27. The van der Waals surface area contributed by atoms with Crippen LogP contribution >= 0.6 is 0 Å². The van der Waals surface area contributed by atoms with Crippen LogP contribution in [0.3, 0.4) is 0 Å². The quantitative estimate of drug-likeness (QED) is 0.311. The molecule has 1 heterocycles. The van der Waals surface area contributed by atoms with E-state index in [0.29, 0.717) is 11.1 Å². The van der Waals surface area contributed by atoms with Crippen LogP contribution in [0.25, 0.3) is 10.8 Å².